The summed E-state index contributed by atoms with van der Waals surface area (Å²) in [5, 5.41) is 9.56. The van der Waals surface area contributed by atoms with E-state index in [9.17, 15) is 9.59 Å². The van der Waals surface area contributed by atoms with Crippen molar-refractivity contribution < 1.29 is 14.3 Å². The third-order valence-electron chi connectivity index (χ3n) is 4.55. The molecule has 2 aromatic heterocycles. The van der Waals surface area contributed by atoms with Crippen LogP contribution >= 0.6 is 0 Å². The standard InChI is InChI=1S/C17H20N6O3/c1-10-20-13(22-21-10)8-19-17(25)16-15(11-3-2-6-18-7-11)23(12-4-5-12)14(24)9-26-16/h2-3,6-7,12,15-16H,4-5,8-9H2,1H3,(H,19,25)(H,20,21,22)/t15-,16+/m1/s1. The Hall–Kier alpha value is -2.81. The number of pyridine rings is 1. The van der Waals surface area contributed by atoms with Crippen LogP contribution in [0.2, 0.25) is 0 Å². The Kier molecular flexibility index (Phi) is 4.37. The number of aromatic amines is 1. The molecule has 9 heteroatoms. The number of amides is 2. The number of rotatable bonds is 5. The zero-order valence-corrected chi connectivity index (χ0v) is 14.4. The Morgan fingerprint density at radius 3 is 2.96 bits per heavy atom. The highest BCUT2D eigenvalue weighted by Gasteiger charge is 2.47. The predicted molar refractivity (Wildman–Crippen MR) is 89.6 cm³/mol. The molecule has 9 nitrogen and oxygen atoms in total. The fraction of sp³-hybridized carbons (Fsp3) is 0.471. The number of hydrogen-bond acceptors (Lipinski definition) is 6. The van der Waals surface area contributed by atoms with Crippen molar-refractivity contribution >= 4 is 11.8 Å². The van der Waals surface area contributed by atoms with Crippen LogP contribution in [-0.2, 0) is 20.9 Å². The maximum atomic E-state index is 12.8. The number of aromatic nitrogens is 4. The van der Waals surface area contributed by atoms with E-state index >= 15 is 0 Å². The van der Waals surface area contributed by atoms with Crippen molar-refractivity contribution in [3.63, 3.8) is 0 Å². The molecule has 0 bridgehead atoms. The van der Waals surface area contributed by atoms with Crippen molar-refractivity contribution in [3.8, 4) is 0 Å². The first-order valence-corrected chi connectivity index (χ1v) is 8.62. The second kappa shape index (κ2) is 6.83. The lowest BCUT2D eigenvalue weighted by atomic mass is 9.98. The maximum absolute atomic E-state index is 12.8. The van der Waals surface area contributed by atoms with E-state index in [0.29, 0.717) is 11.6 Å². The SMILES string of the molecule is Cc1nc(CNC(=O)[C@H]2OCC(=O)N(C3CC3)[C@@H]2c2cccnc2)n[nH]1. The number of morpholine rings is 1. The van der Waals surface area contributed by atoms with Gasteiger partial charge in [0.25, 0.3) is 5.91 Å². The number of carbonyl (C=O) groups is 2. The summed E-state index contributed by atoms with van der Waals surface area (Å²) in [6.45, 7) is 1.89. The molecule has 2 atom stereocenters. The van der Waals surface area contributed by atoms with Crippen molar-refractivity contribution in [1.82, 2.24) is 30.4 Å². The fourth-order valence-electron chi connectivity index (χ4n) is 3.25. The van der Waals surface area contributed by atoms with E-state index in [1.807, 2.05) is 6.07 Å². The number of H-pyrrole nitrogens is 1. The Morgan fingerprint density at radius 1 is 1.46 bits per heavy atom. The molecular formula is C17H20N6O3. The molecule has 1 saturated heterocycles. The quantitative estimate of drug-likeness (QED) is 0.794. The van der Waals surface area contributed by atoms with E-state index in [1.54, 1.807) is 30.3 Å². The van der Waals surface area contributed by atoms with Gasteiger partial charge in [-0.15, -0.1) is 0 Å². The van der Waals surface area contributed by atoms with Crippen LogP contribution in [0.15, 0.2) is 24.5 Å². The lowest BCUT2D eigenvalue weighted by Gasteiger charge is -2.40. The van der Waals surface area contributed by atoms with Crippen molar-refractivity contribution in [2.24, 2.45) is 0 Å². The van der Waals surface area contributed by atoms with E-state index in [4.69, 9.17) is 4.74 Å². The number of nitrogens with zero attached hydrogens (tertiary/aromatic N) is 4. The van der Waals surface area contributed by atoms with Gasteiger partial charge in [-0.05, 0) is 31.4 Å². The molecule has 26 heavy (non-hydrogen) atoms. The van der Waals surface area contributed by atoms with Crippen LogP contribution in [0, 0.1) is 6.92 Å². The molecule has 2 fully saturated rings. The van der Waals surface area contributed by atoms with E-state index < -0.39 is 12.1 Å². The summed E-state index contributed by atoms with van der Waals surface area (Å²) in [6, 6.07) is 3.35. The minimum atomic E-state index is -0.794. The summed E-state index contributed by atoms with van der Waals surface area (Å²) < 4.78 is 5.64. The van der Waals surface area contributed by atoms with E-state index in [0.717, 1.165) is 18.4 Å². The van der Waals surface area contributed by atoms with Crippen molar-refractivity contribution in [2.75, 3.05) is 6.61 Å². The van der Waals surface area contributed by atoms with Crippen LogP contribution < -0.4 is 5.32 Å². The second-order valence-corrected chi connectivity index (χ2v) is 6.55. The van der Waals surface area contributed by atoms with Gasteiger partial charge in [-0.3, -0.25) is 19.7 Å². The topological polar surface area (TPSA) is 113 Å². The molecule has 1 aliphatic carbocycles. The Labute approximate surface area is 150 Å². The van der Waals surface area contributed by atoms with Crippen LogP contribution in [-0.4, -0.2) is 55.6 Å². The molecular weight excluding hydrogens is 336 g/mol. The number of carbonyl (C=O) groups excluding carboxylic acids is 2. The van der Waals surface area contributed by atoms with Crippen LogP contribution in [0.25, 0.3) is 0 Å². The summed E-state index contributed by atoms with van der Waals surface area (Å²) in [4.78, 5) is 35.3. The molecule has 1 saturated carbocycles. The molecule has 2 aromatic rings. The highest BCUT2D eigenvalue weighted by molar-refractivity contribution is 5.86. The zero-order valence-electron chi connectivity index (χ0n) is 14.4. The van der Waals surface area contributed by atoms with Gasteiger partial charge in [-0.25, -0.2) is 4.98 Å². The van der Waals surface area contributed by atoms with Gasteiger partial charge in [-0.2, -0.15) is 5.10 Å². The minimum Gasteiger partial charge on any atom is -0.356 e. The summed E-state index contributed by atoms with van der Waals surface area (Å²) in [5.41, 5.74) is 0.793. The first kappa shape index (κ1) is 16.6. The average Bonchev–Trinajstić information content (AvgIpc) is 3.41. The van der Waals surface area contributed by atoms with Gasteiger partial charge in [0.2, 0.25) is 5.91 Å². The predicted octanol–water partition coefficient (Wildman–Crippen LogP) is 0.255. The zero-order chi connectivity index (χ0) is 18.1. The molecule has 0 spiro atoms. The fourth-order valence-corrected chi connectivity index (χ4v) is 3.25. The van der Waals surface area contributed by atoms with Gasteiger partial charge in [0.05, 0.1) is 12.6 Å². The van der Waals surface area contributed by atoms with Crippen molar-refractivity contribution in [2.45, 2.75) is 44.5 Å². The van der Waals surface area contributed by atoms with E-state index in [1.165, 1.54) is 0 Å². The Balaban J connectivity index is 1.55. The summed E-state index contributed by atoms with van der Waals surface area (Å²) in [7, 11) is 0. The highest BCUT2D eigenvalue weighted by Crippen LogP contribution is 2.39. The smallest absolute Gasteiger partial charge is 0.252 e. The lowest BCUT2D eigenvalue weighted by Crippen LogP contribution is -2.55. The molecule has 4 rings (SSSR count). The molecule has 136 valence electrons. The molecule has 0 unspecified atom stereocenters. The normalized spacial score (nSPS) is 23.1. The molecule has 2 N–H and O–H groups in total. The monoisotopic (exact) mass is 356 g/mol. The number of aryl methyl sites for hydroxylation is 1. The summed E-state index contributed by atoms with van der Waals surface area (Å²) >= 11 is 0. The molecule has 3 heterocycles. The lowest BCUT2D eigenvalue weighted by molar-refractivity contribution is -0.165. The van der Waals surface area contributed by atoms with Gasteiger partial charge in [0, 0.05) is 18.4 Å². The van der Waals surface area contributed by atoms with Crippen LogP contribution in [0.4, 0.5) is 0 Å². The van der Waals surface area contributed by atoms with Gasteiger partial charge in [0.15, 0.2) is 11.9 Å². The number of hydrogen-bond donors (Lipinski definition) is 2. The molecule has 2 amide bonds. The van der Waals surface area contributed by atoms with Crippen LogP contribution in [0.3, 0.4) is 0 Å². The molecule has 2 aliphatic rings. The minimum absolute atomic E-state index is 0.0880. The third-order valence-corrected chi connectivity index (χ3v) is 4.55. The van der Waals surface area contributed by atoms with E-state index in [-0.39, 0.29) is 31.0 Å². The van der Waals surface area contributed by atoms with Gasteiger partial charge in [-0.1, -0.05) is 6.07 Å². The van der Waals surface area contributed by atoms with Gasteiger partial charge >= 0.3 is 0 Å². The first-order chi connectivity index (χ1) is 12.6. The largest absolute Gasteiger partial charge is 0.356 e. The summed E-state index contributed by atoms with van der Waals surface area (Å²) in [5.74, 6) is 0.802. The van der Waals surface area contributed by atoms with Gasteiger partial charge in [0.1, 0.15) is 12.4 Å². The molecule has 0 radical (unpaired) electrons. The second-order valence-electron chi connectivity index (χ2n) is 6.55. The first-order valence-electron chi connectivity index (χ1n) is 8.62. The molecule has 0 aromatic carbocycles. The average molecular weight is 356 g/mol. The summed E-state index contributed by atoms with van der Waals surface area (Å²) in [6.07, 6.45) is 4.45. The maximum Gasteiger partial charge on any atom is 0.252 e. The molecule has 1 aliphatic heterocycles. The van der Waals surface area contributed by atoms with Crippen molar-refractivity contribution in [3.05, 3.63) is 41.7 Å². The van der Waals surface area contributed by atoms with E-state index in [2.05, 4.69) is 25.5 Å². The van der Waals surface area contributed by atoms with Crippen LogP contribution in [0.1, 0.15) is 36.1 Å². The highest BCUT2D eigenvalue weighted by atomic mass is 16.5. The number of ether oxygens (including phenoxy) is 1. The van der Waals surface area contributed by atoms with Crippen molar-refractivity contribution in [1.29, 1.82) is 0 Å². The van der Waals surface area contributed by atoms with Crippen LogP contribution in [0.5, 0.6) is 0 Å². The van der Waals surface area contributed by atoms with Gasteiger partial charge < -0.3 is 15.0 Å². The number of nitrogens with one attached hydrogen (secondary N) is 2. The Morgan fingerprint density at radius 2 is 2.31 bits per heavy atom. The Bertz CT molecular complexity index is 804. The third kappa shape index (κ3) is 3.30.